The number of halogens is 1. The van der Waals surface area contributed by atoms with Gasteiger partial charge in [-0.25, -0.2) is 4.79 Å². The Morgan fingerprint density at radius 2 is 2.21 bits per heavy atom. The van der Waals surface area contributed by atoms with Crippen molar-refractivity contribution in [2.24, 2.45) is 0 Å². The van der Waals surface area contributed by atoms with Crippen molar-refractivity contribution in [2.75, 3.05) is 6.61 Å². The molecule has 0 radical (unpaired) electrons. The quantitative estimate of drug-likeness (QED) is 0.555. The van der Waals surface area contributed by atoms with Crippen molar-refractivity contribution in [1.82, 2.24) is 9.55 Å². The number of carbonyl (C=O) groups excluding carboxylic acids is 1. The highest BCUT2D eigenvalue weighted by molar-refractivity contribution is 5.72. The van der Waals surface area contributed by atoms with Gasteiger partial charge in [-0.1, -0.05) is 0 Å². The molecule has 3 atom stereocenters. The maximum absolute atomic E-state index is 13.5. The van der Waals surface area contributed by atoms with Crippen LogP contribution >= 0.6 is 0 Å². The molecule has 2 heterocycles. The van der Waals surface area contributed by atoms with Crippen molar-refractivity contribution >= 4 is 6.29 Å². The summed E-state index contributed by atoms with van der Waals surface area (Å²) in [6.45, 7) is -0.491. The molecule has 19 heavy (non-hydrogen) atoms. The second-order valence-corrected chi connectivity index (χ2v) is 4.06. The van der Waals surface area contributed by atoms with Gasteiger partial charge in [0.05, 0.1) is 12.7 Å². The van der Waals surface area contributed by atoms with E-state index in [1.807, 2.05) is 0 Å². The molecule has 0 amide bonds. The van der Waals surface area contributed by atoms with E-state index in [9.17, 15) is 23.9 Å². The number of aliphatic hydroxyl groups is 2. The first-order chi connectivity index (χ1) is 8.99. The number of aliphatic hydroxyl groups excluding tert-OH is 2. The van der Waals surface area contributed by atoms with E-state index in [0.717, 1.165) is 0 Å². The minimum atomic E-state index is -1.40. The number of nitrogens with one attached hydrogen (secondary N) is 1. The number of aromatic nitrogens is 2. The molecule has 1 saturated heterocycles. The van der Waals surface area contributed by atoms with Crippen molar-refractivity contribution in [3.8, 4) is 0 Å². The normalized spacial score (nSPS) is 26.6. The van der Waals surface area contributed by atoms with Crippen LogP contribution in [0.5, 0.6) is 0 Å². The summed E-state index contributed by atoms with van der Waals surface area (Å²) >= 11 is 0. The van der Waals surface area contributed by atoms with E-state index >= 15 is 0 Å². The highest BCUT2D eigenvalue weighted by atomic mass is 19.1. The van der Waals surface area contributed by atoms with Gasteiger partial charge in [-0.05, 0) is 0 Å². The van der Waals surface area contributed by atoms with Crippen LogP contribution in [0.4, 0.5) is 4.39 Å². The lowest BCUT2D eigenvalue weighted by atomic mass is 10.2. The molecule has 0 aromatic carbocycles. The predicted octanol–water partition coefficient (Wildman–Crippen LogP) is -1.87. The third-order valence-electron chi connectivity index (χ3n) is 2.91. The van der Waals surface area contributed by atoms with Crippen LogP contribution in [-0.2, 0) is 4.74 Å². The molecule has 0 saturated carbocycles. The Balaban J connectivity index is 2.52. The van der Waals surface area contributed by atoms with Crippen molar-refractivity contribution in [3.63, 3.8) is 0 Å². The monoisotopic (exact) mass is 274 g/mol. The lowest BCUT2D eigenvalue weighted by Gasteiger charge is -2.16. The lowest BCUT2D eigenvalue weighted by Crippen LogP contribution is -2.37. The molecule has 1 aromatic heterocycles. The van der Waals surface area contributed by atoms with Gasteiger partial charge in [0.15, 0.2) is 6.29 Å². The first-order valence-electron chi connectivity index (χ1n) is 5.43. The number of carbonyl (C=O) groups is 1. The Bertz CT molecular complexity index is 609. The Hall–Kier alpha value is -1.84. The van der Waals surface area contributed by atoms with Crippen molar-refractivity contribution < 1.29 is 24.1 Å². The lowest BCUT2D eigenvalue weighted by molar-refractivity contribution is -0.0466. The molecule has 0 bridgehead atoms. The zero-order chi connectivity index (χ0) is 14.2. The topological polar surface area (TPSA) is 122 Å². The van der Waals surface area contributed by atoms with Crippen molar-refractivity contribution in [2.45, 2.75) is 24.9 Å². The van der Waals surface area contributed by atoms with Gasteiger partial charge in [-0.15, -0.1) is 0 Å². The highest BCUT2D eigenvalue weighted by Crippen LogP contribution is 2.28. The van der Waals surface area contributed by atoms with Crippen LogP contribution in [0.3, 0.4) is 0 Å². The van der Waals surface area contributed by atoms with Crippen molar-refractivity contribution in [1.29, 1.82) is 0 Å². The van der Waals surface area contributed by atoms with Gasteiger partial charge in [0.25, 0.3) is 5.56 Å². The molecule has 9 heteroatoms. The van der Waals surface area contributed by atoms with E-state index in [2.05, 4.69) is 0 Å². The molecule has 1 aliphatic heterocycles. The number of hydrogen-bond acceptors (Lipinski definition) is 6. The fourth-order valence-corrected chi connectivity index (χ4v) is 1.98. The molecule has 1 aliphatic rings. The van der Waals surface area contributed by atoms with E-state index in [1.165, 1.54) is 0 Å². The van der Waals surface area contributed by atoms with Gasteiger partial charge in [0.2, 0.25) is 5.82 Å². The number of nitrogens with zero attached hydrogens (tertiary/aromatic N) is 1. The minimum absolute atomic E-state index is 0.0218. The SMILES string of the molecule is O=Cc1c(F)c(=O)[nH]c(=O)n1[C@@H]1CC(O)[C@H](CO)O1. The largest absolute Gasteiger partial charge is 0.394 e. The maximum atomic E-state index is 13.5. The van der Waals surface area contributed by atoms with E-state index in [-0.39, 0.29) is 12.7 Å². The van der Waals surface area contributed by atoms with Crippen LogP contribution < -0.4 is 11.2 Å². The summed E-state index contributed by atoms with van der Waals surface area (Å²) in [4.78, 5) is 35.2. The molecule has 2 rings (SSSR count). The van der Waals surface area contributed by atoms with Gasteiger partial charge in [-0.2, -0.15) is 4.39 Å². The fraction of sp³-hybridized carbons (Fsp3) is 0.500. The van der Waals surface area contributed by atoms with Crippen molar-refractivity contribution in [3.05, 3.63) is 32.3 Å². The molecule has 104 valence electrons. The average Bonchev–Trinajstić information content (AvgIpc) is 2.74. The Kier molecular flexibility index (Phi) is 3.60. The zero-order valence-electron chi connectivity index (χ0n) is 9.58. The fourth-order valence-electron chi connectivity index (χ4n) is 1.98. The van der Waals surface area contributed by atoms with E-state index < -0.39 is 47.8 Å². The summed E-state index contributed by atoms with van der Waals surface area (Å²) in [5, 5.41) is 18.5. The van der Waals surface area contributed by atoms with Crippen LogP contribution in [0.15, 0.2) is 9.59 Å². The third kappa shape index (κ3) is 2.23. The predicted molar refractivity (Wildman–Crippen MR) is 58.3 cm³/mol. The van der Waals surface area contributed by atoms with Crippen LogP contribution in [0.2, 0.25) is 0 Å². The number of ether oxygens (including phenoxy) is 1. The van der Waals surface area contributed by atoms with Crippen LogP contribution in [-0.4, -0.2) is 44.9 Å². The van der Waals surface area contributed by atoms with Gasteiger partial charge in [0, 0.05) is 6.42 Å². The standard InChI is InChI=1S/C10H11FN2O6/c11-8-4(2-14)13(10(18)12-9(8)17)7-1-5(16)6(3-15)19-7/h2,5-7,15-16H,1,3H2,(H,12,17,18)/t5?,6-,7-/m0/s1. The smallest absolute Gasteiger partial charge is 0.331 e. The summed E-state index contributed by atoms with van der Waals surface area (Å²) in [6.07, 6.45) is -3.22. The summed E-state index contributed by atoms with van der Waals surface area (Å²) in [7, 11) is 0. The maximum Gasteiger partial charge on any atom is 0.331 e. The highest BCUT2D eigenvalue weighted by Gasteiger charge is 2.36. The minimum Gasteiger partial charge on any atom is -0.394 e. The zero-order valence-corrected chi connectivity index (χ0v) is 9.58. The second kappa shape index (κ2) is 5.03. The number of aldehydes is 1. The molecule has 1 unspecified atom stereocenters. The number of hydrogen-bond donors (Lipinski definition) is 3. The van der Waals surface area contributed by atoms with Crippen LogP contribution in [0.1, 0.15) is 23.1 Å². The number of H-pyrrole nitrogens is 1. The summed E-state index contributed by atoms with van der Waals surface area (Å²) in [5.41, 5.74) is -3.09. The van der Waals surface area contributed by atoms with Gasteiger partial charge in [0.1, 0.15) is 18.0 Å². The Labute approximate surface area is 105 Å². The molecular formula is C10H11FN2O6. The summed E-state index contributed by atoms with van der Waals surface area (Å²) < 4.78 is 19.2. The van der Waals surface area contributed by atoms with Crippen LogP contribution in [0.25, 0.3) is 0 Å². The van der Waals surface area contributed by atoms with E-state index in [1.54, 1.807) is 4.98 Å². The molecular weight excluding hydrogens is 263 g/mol. The Morgan fingerprint density at radius 1 is 1.53 bits per heavy atom. The molecule has 1 fully saturated rings. The number of rotatable bonds is 3. The molecule has 8 nitrogen and oxygen atoms in total. The molecule has 0 spiro atoms. The van der Waals surface area contributed by atoms with E-state index in [0.29, 0.717) is 4.57 Å². The second-order valence-electron chi connectivity index (χ2n) is 4.06. The molecule has 1 aromatic rings. The van der Waals surface area contributed by atoms with Crippen LogP contribution in [0, 0.1) is 5.82 Å². The number of aromatic amines is 1. The first-order valence-corrected chi connectivity index (χ1v) is 5.43. The third-order valence-corrected chi connectivity index (χ3v) is 2.91. The van der Waals surface area contributed by atoms with Gasteiger partial charge >= 0.3 is 5.69 Å². The van der Waals surface area contributed by atoms with Gasteiger partial charge < -0.3 is 14.9 Å². The first kappa shape index (κ1) is 13.6. The average molecular weight is 274 g/mol. The summed E-state index contributed by atoms with van der Waals surface area (Å²) in [6, 6.07) is 0. The Morgan fingerprint density at radius 3 is 2.74 bits per heavy atom. The summed E-state index contributed by atoms with van der Waals surface area (Å²) in [5.74, 6) is -1.40. The van der Waals surface area contributed by atoms with Gasteiger partial charge in [-0.3, -0.25) is 19.1 Å². The molecule has 3 N–H and O–H groups in total. The molecule has 0 aliphatic carbocycles. The van der Waals surface area contributed by atoms with E-state index in [4.69, 9.17) is 9.84 Å².